The van der Waals surface area contributed by atoms with E-state index in [1.54, 1.807) is 0 Å². The summed E-state index contributed by atoms with van der Waals surface area (Å²) in [5.74, 6) is 0. The molecule has 0 heterocycles. The molecule has 0 aliphatic heterocycles. The molecule has 0 atom stereocenters. The fraction of sp³-hybridized carbons (Fsp3) is 0.0588. The summed E-state index contributed by atoms with van der Waals surface area (Å²) < 4.78 is 0. The zero-order chi connectivity index (χ0) is 12.4. The Balaban J connectivity index is 2.19. The van der Waals surface area contributed by atoms with E-state index in [4.69, 9.17) is 0 Å². The van der Waals surface area contributed by atoms with Crippen LogP contribution in [0.3, 0.4) is 0 Å². The third-order valence-electron chi connectivity index (χ3n) is 3.25. The molecule has 0 aromatic heterocycles. The van der Waals surface area contributed by atoms with E-state index in [0.717, 1.165) is 16.7 Å². The zero-order valence-corrected chi connectivity index (χ0v) is 10.0. The summed E-state index contributed by atoms with van der Waals surface area (Å²) in [7, 11) is 0. The van der Waals surface area contributed by atoms with Crippen LogP contribution in [0.25, 0.3) is 21.9 Å². The van der Waals surface area contributed by atoms with Gasteiger partial charge in [0.2, 0.25) is 0 Å². The Morgan fingerprint density at radius 3 is 2.28 bits per heavy atom. The number of rotatable bonds is 2. The Hall–Kier alpha value is -2.12. The average molecular weight is 234 g/mol. The van der Waals surface area contributed by atoms with Crippen molar-refractivity contribution in [2.45, 2.75) is 6.61 Å². The zero-order valence-electron chi connectivity index (χ0n) is 10.0. The Labute approximate surface area is 106 Å². The normalized spacial score (nSPS) is 10.7. The third kappa shape index (κ3) is 1.89. The Morgan fingerprint density at radius 1 is 0.722 bits per heavy atom. The second-order valence-corrected chi connectivity index (χ2v) is 4.38. The molecule has 0 unspecified atom stereocenters. The van der Waals surface area contributed by atoms with Gasteiger partial charge < -0.3 is 5.11 Å². The molecule has 18 heavy (non-hydrogen) atoms. The highest BCUT2D eigenvalue weighted by atomic mass is 16.3. The Bertz CT molecular complexity index is 686. The monoisotopic (exact) mass is 234 g/mol. The SMILES string of the molecule is OCc1ccccc1-c1ccc2ccccc2c1. The average Bonchev–Trinajstić information content (AvgIpc) is 2.46. The molecule has 0 amide bonds. The fourth-order valence-corrected chi connectivity index (χ4v) is 2.30. The van der Waals surface area contributed by atoms with Crippen molar-refractivity contribution in [2.75, 3.05) is 0 Å². The topological polar surface area (TPSA) is 20.2 Å². The van der Waals surface area contributed by atoms with Gasteiger partial charge in [0.25, 0.3) is 0 Å². The van der Waals surface area contributed by atoms with E-state index < -0.39 is 0 Å². The van der Waals surface area contributed by atoms with E-state index in [2.05, 4.69) is 36.4 Å². The van der Waals surface area contributed by atoms with Crippen molar-refractivity contribution in [3.63, 3.8) is 0 Å². The van der Waals surface area contributed by atoms with E-state index in [1.807, 2.05) is 30.3 Å². The molecular formula is C17H14O. The highest BCUT2D eigenvalue weighted by Crippen LogP contribution is 2.27. The smallest absolute Gasteiger partial charge is 0.0687 e. The first kappa shape index (κ1) is 11.0. The van der Waals surface area contributed by atoms with Crippen LogP contribution < -0.4 is 0 Å². The lowest BCUT2D eigenvalue weighted by Crippen LogP contribution is -1.88. The van der Waals surface area contributed by atoms with Gasteiger partial charge in [0.1, 0.15) is 0 Å². The van der Waals surface area contributed by atoms with Crippen molar-refractivity contribution in [3.05, 3.63) is 72.3 Å². The van der Waals surface area contributed by atoms with E-state index in [9.17, 15) is 5.11 Å². The third-order valence-corrected chi connectivity index (χ3v) is 3.25. The number of fused-ring (bicyclic) bond motifs is 1. The van der Waals surface area contributed by atoms with Crippen LogP contribution in [-0.2, 0) is 6.61 Å². The predicted octanol–water partition coefficient (Wildman–Crippen LogP) is 4.00. The van der Waals surface area contributed by atoms with Gasteiger partial charge in [-0.3, -0.25) is 0 Å². The van der Waals surface area contributed by atoms with Crippen molar-refractivity contribution in [1.82, 2.24) is 0 Å². The summed E-state index contributed by atoms with van der Waals surface area (Å²) in [5, 5.41) is 11.9. The molecule has 0 bridgehead atoms. The van der Waals surface area contributed by atoms with Crippen molar-refractivity contribution in [2.24, 2.45) is 0 Å². The van der Waals surface area contributed by atoms with Crippen molar-refractivity contribution in [1.29, 1.82) is 0 Å². The highest BCUT2D eigenvalue weighted by molar-refractivity contribution is 5.87. The van der Waals surface area contributed by atoms with Gasteiger partial charge >= 0.3 is 0 Å². The van der Waals surface area contributed by atoms with Crippen LogP contribution in [0, 0.1) is 0 Å². The lowest BCUT2D eigenvalue weighted by atomic mass is 9.97. The first-order chi connectivity index (χ1) is 8.88. The van der Waals surface area contributed by atoms with Gasteiger partial charge in [-0.2, -0.15) is 0 Å². The molecule has 0 saturated carbocycles. The molecular weight excluding hydrogens is 220 g/mol. The summed E-state index contributed by atoms with van der Waals surface area (Å²) in [6.07, 6.45) is 0. The molecule has 3 aromatic rings. The molecule has 0 fully saturated rings. The molecule has 1 N–H and O–H groups in total. The lowest BCUT2D eigenvalue weighted by Gasteiger charge is -2.08. The number of aliphatic hydroxyl groups is 1. The summed E-state index contributed by atoms with van der Waals surface area (Å²) in [6, 6.07) is 22.7. The van der Waals surface area contributed by atoms with E-state index in [-0.39, 0.29) is 6.61 Å². The molecule has 0 spiro atoms. The van der Waals surface area contributed by atoms with Crippen molar-refractivity contribution in [3.8, 4) is 11.1 Å². The first-order valence-electron chi connectivity index (χ1n) is 6.06. The highest BCUT2D eigenvalue weighted by Gasteiger charge is 2.04. The number of hydrogen-bond donors (Lipinski definition) is 1. The Kier molecular flexibility index (Phi) is 2.83. The maximum Gasteiger partial charge on any atom is 0.0687 e. The molecule has 0 radical (unpaired) electrons. The fourth-order valence-electron chi connectivity index (χ4n) is 2.30. The summed E-state index contributed by atoms with van der Waals surface area (Å²) in [4.78, 5) is 0. The molecule has 3 aromatic carbocycles. The maximum absolute atomic E-state index is 9.39. The van der Waals surface area contributed by atoms with Gasteiger partial charge in [-0.05, 0) is 33.5 Å². The molecule has 0 aliphatic rings. The van der Waals surface area contributed by atoms with Gasteiger partial charge in [-0.1, -0.05) is 60.7 Å². The summed E-state index contributed by atoms with van der Waals surface area (Å²) >= 11 is 0. The van der Waals surface area contributed by atoms with Crippen LogP contribution in [0.4, 0.5) is 0 Å². The summed E-state index contributed by atoms with van der Waals surface area (Å²) in [5.41, 5.74) is 3.22. The minimum Gasteiger partial charge on any atom is -0.392 e. The van der Waals surface area contributed by atoms with Gasteiger partial charge in [0.05, 0.1) is 6.61 Å². The minimum atomic E-state index is 0.0724. The molecule has 1 heteroatoms. The number of benzene rings is 3. The lowest BCUT2D eigenvalue weighted by molar-refractivity contribution is 0.282. The van der Waals surface area contributed by atoms with Gasteiger partial charge in [0, 0.05) is 0 Å². The van der Waals surface area contributed by atoms with Gasteiger partial charge in [-0.15, -0.1) is 0 Å². The molecule has 1 nitrogen and oxygen atoms in total. The molecule has 0 saturated heterocycles. The second-order valence-electron chi connectivity index (χ2n) is 4.38. The largest absolute Gasteiger partial charge is 0.392 e. The van der Waals surface area contributed by atoms with Crippen molar-refractivity contribution >= 4 is 10.8 Å². The quantitative estimate of drug-likeness (QED) is 0.710. The maximum atomic E-state index is 9.39. The minimum absolute atomic E-state index is 0.0724. The van der Waals surface area contributed by atoms with Crippen molar-refractivity contribution < 1.29 is 5.11 Å². The van der Waals surface area contributed by atoms with E-state index in [0.29, 0.717) is 0 Å². The van der Waals surface area contributed by atoms with Crippen LogP contribution in [0.2, 0.25) is 0 Å². The van der Waals surface area contributed by atoms with Gasteiger partial charge in [0.15, 0.2) is 0 Å². The van der Waals surface area contributed by atoms with Crippen LogP contribution in [0.5, 0.6) is 0 Å². The van der Waals surface area contributed by atoms with Crippen LogP contribution in [0.1, 0.15) is 5.56 Å². The number of hydrogen-bond acceptors (Lipinski definition) is 1. The Morgan fingerprint density at radius 2 is 1.44 bits per heavy atom. The van der Waals surface area contributed by atoms with Crippen LogP contribution in [-0.4, -0.2) is 5.11 Å². The van der Waals surface area contributed by atoms with E-state index >= 15 is 0 Å². The van der Waals surface area contributed by atoms with Gasteiger partial charge in [-0.25, -0.2) is 0 Å². The van der Waals surface area contributed by atoms with E-state index in [1.165, 1.54) is 10.8 Å². The second kappa shape index (κ2) is 4.63. The molecule has 88 valence electrons. The molecule has 3 rings (SSSR count). The van der Waals surface area contributed by atoms with Crippen LogP contribution in [0.15, 0.2) is 66.7 Å². The predicted molar refractivity (Wildman–Crippen MR) is 75.3 cm³/mol. The first-order valence-corrected chi connectivity index (χ1v) is 6.06. The number of aliphatic hydroxyl groups excluding tert-OH is 1. The standard InChI is InChI=1S/C17H14O/c18-12-16-7-3-4-8-17(16)15-10-9-13-5-1-2-6-14(13)11-15/h1-11,18H,12H2. The van der Waals surface area contributed by atoms with Crippen LogP contribution >= 0.6 is 0 Å². The summed E-state index contributed by atoms with van der Waals surface area (Å²) in [6.45, 7) is 0.0724. The molecule has 0 aliphatic carbocycles.